The molecule has 10 heteroatoms. The van der Waals surface area contributed by atoms with Crippen LogP contribution in [0.3, 0.4) is 0 Å². The Morgan fingerprint density at radius 3 is 2.73 bits per heavy atom. The largest absolute Gasteiger partial charge is 0.733 e. The normalized spacial score (nSPS) is 21.1. The number of ether oxygens (including phenoxy) is 2. The van der Waals surface area contributed by atoms with E-state index in [1.807, 2.05) is 4.90 Å². The molecule has 0 aromatic carbocycles. The molecule has 0 saturated carbocycles. The number of fused-ring (bicyclic) bond motifs is 1. The molecule has 1 aromatic rings. The van der Waals surface area contributed by atoms with Crippen LogP contribution in [0.5, 0.6) is 0 Å². The third-order valence-electron chi connectivity index (χ3n) is 5.10. The predicted molar refractivity (Wildman–Crippen MR) is 109 cm³/mol. The first-order valence-electron chi connectivity index (χ1n) is 10.1. The molecule has 2 atom stereocenters. The van der Waals surface area contributed by atoms with Crippen LogP contribution in [-0.2, 0) is 20.7 Å². The number of hydrogen-bond donors (Lipinski definition) is 2. The molecule has 1 fully saturated rings. The molecule has 2 N–H and O–H groups in total. The summed E-state index contributed by atoms with van der Waals surface area (Å²) in [5.74, 6) is -0.396. The van der Waals surface area contributed by atoms with Crippen molar-refractivity contribution >= 4 is 23.4 Å². The van der Waals surface area contributed by atoms with Crippen molar-refractivity contribution < 1.29 is 24.3 Å². The number of piperidine rings is 1. The summed E-state index contributed by atoms with van der Waals surface area (Å²) in [7, 11) is 0. The molecule has 1 aromatic heterocycles. The summed E-state index contributed by atoms with van der Waals surface area (Å²) in [4.78, 5) is 29.8. The summed E-state index contributed by atoms with van der Waals surface area (Å²) >= 11 is 0. The van der Waals surface area contributed by atoms with Gasteiger partial charge in [-0.05, 0) is 46.5 Å². The fourth-order valence-electron chi connectivity index (χ4n) is 4.06. The molecule has 1 saturated heterocycles. The monoisotopic (exact) mass is 421 g/mol. The minimum atomic E-state index is -0.594. The molecule has 0 radical (unpaired) electrons. The molecule has 0 spiro atoms. The zero-order valence-electron chi connectivity index (χ0n) is 17.8. The lowest BCUT2D eigenvalue weighted by atomic mass is 10.0. The average Bonchev–Trinajstić information content (AvgIpc) is 3.01. The molecule has 1 amide bonds. The van der Waals surface area contributed by atoms with Gasteiger partial charge in [0.15, 0.2) is 0 Å². The lowest BCUT2D eigenvalue weighted by Crippen LogP contribution is -2.49. The minimum Gasteiger partial charge on any atom is -0.733 e. The van der Waals surface area contributed by atoms with Crippen molar-refractivity contribution in [1.29, 1.82) is 0 Å². The maximum Gasteiger partial charge on any atom is 0.407 e. The van der Waals surface area contributed by atoms with Gasteiger partial charge in [-0.15, -0.1) is 0 Å². The molecule has 1 aliphatic carbocycles. The Balaban J connectivity index is 1.84. The lowest BCUT2D eigenvalue weighted by Gasteiger charge is -2.38. The molecule has 0 bridgehead atoms. The van der Waals surface area contributed by atoms with E-state index in [0.29, 0.717) is 37.3 Å². The highest BCUT2D eigenvalue weighted by atomic mass is 16.8. The second kappa shape index (κ2) is 8.65. The number of alkyl carbamates (subject to hydrolysis) is 1. The molecule has 3 rings (SSSR count). The molecule has 1 unspecified atom stereocenters. The van der Waals surface area contributed by atoms with Gasteiger partial charge in [-0.1, -0.05) is 0 Å². The van der Waals surface area contributed by atoms with E-state index in [9.17, 15) is 20.0 Å². The number of aromatic nitrogens is 1. The van der Waals surface area contributed by atoms with Crippen LogP contribution in [0.2, 0.25) is 0 Å². The Labute approximate surface area is 175 Å². The Bertz CT molecular complexity index is 807. The zero-order chi connectivity index (χ0) is 22.1. The van der Waals surface area contributed by atoms with Crippen molar-refractivity contribution in [2.24, 2.45) is 0 Å². The molecule has 2 heterocycles. The molecule has 166 valence electrons. The number of nitrogens with one attached hydrogen (secondary N) is 1. The molecule has 30 heavy (non-hydrogen) atoms. The van der Waals surface area contributed by atoms with Gasteiger partial charge in [0.25, 0.3) is 0 Å². The highest BCUT2D eigenvalue weighted by Crippen LogP contribution is 2.43. The quantitative estimate of drug-likeness (QED) is 0.557. The lowest BCUT2D eigenvalue weighted by molar-refractivity contribution is -0.146. The van der Waals surface area contributed by atoms with Gasteiger partial charge in [-0.2, -0.15) is 0 Å². The van der Waals surface area contributed by atoms with Crippen molar-refractivity contribution in [1.82, 2.24) is 10.3 Å². The number of esters is 1. The fourth-order valence-corrected chi connectivity index (χ4v) is 4.06. The first kappa shape index (κ1) is 22.1. The number of pyridine rings is 1. The Kier molecular flexibility index (Phi) is 6.37. The SMILES string of the molecule is CC(=O)OC1CCc2c1ncc(N([O-])O)c2N1CCC[C@H](NC(=O)OC(C)(C)C)C1. The summed E-state index contributed by atoms with van der Waals surface area (Å²) < 4.78 is 10.7. The van der Waals surface area contributed by atoms with E-state index < -0.39 is 23.8 Å². The van der Waals surface area contributed by atoms with Crippen molar-refractivity contribution in [3.05, 3.63) is 22.7 Å². The van der Waals surface area contributed by atoms with Gasteiger partial charge in [0.05, 0.1) is 23.3 Å². The van der Waals surface area contributed by atoms with E-state index in [1.165, 1.54) is 13.1 Å². The number of hydrogen-bond acceptors (Lipinski definition) is 9. The van der Waals surface area contributed by atoms with Crippen LogP contribution in [0.1, 0.15) is 64.3 Å². The maximum atomic E-state index is 12.2. The van der Waals surface area contributed by atoms with Gasteiger partial charge in [0.1, 0.15) is 11.7 Å². The number of rotatable bonds is 4. The summed E-state index contributed by atoms with van der Waals surface area (Å²) in [5, 5.41) is 24.2. The summed E-state index contributed by atoms with van der Waals surface area (Å²) in [6, 6.07) is -0.172. The molecule has 1 aliphatic heterocycles. The number of nitrogens with zero attached hydrogens (tertiary/aromatic N) is 3. The average molecular weight is 421 g/mol. The number of carbonyl (C=O) groups is 2. The van der Waals surface area contributed by atoms with Crippen molar-refractivity contribution in [2.75, 3.05) is 23.2 Å². The van der Waals surface area contributed by atoms with E-state index in [1.54, 1.807) is 20.8 Å². The predicted octanol–water partition coefficient (Wildman–Crippen LogP) is 2.82. The Hall–Kier alpha value is -2.59. The van der Waals surface area contributed by atoms with Gasteiger partial charge >= 0.3 is 12.1 Å². The molecular formula is C20H29N4O6-. The van der Waals surface area contributed by atoms with Crippen LogP contribution in [0.25, 0.3) is 0 Å². The highest BCUT2D eigenvalue weighted by Gasteiger charge is 2.34. The van der Waals surface area contributed by atoms with E-state index in [2.05, 4.69) is 10.3 Å². The molecular weight excluding hydrogens is 392 g/mol. The third-order valence-corrected chi connectivity index (χ3v) is 5.10. The standard InChI is InChI=1S/C20H29N4O6/c1-12(25)29-16-8-7-14-17(16)21-10-15(24(27)28)18(14)23-9-5-6-13(11-23)22-19(26)30-20(2,3)4/h10,13,16,27H,5-9,11H2,1-4H3,(H,22,26)/q-1/t13-,16?/m0/s1. The van der Waals surface area contributed by atoms with Crippen LogP contribution in [-0.4, -0.2) is 47.0 Å². The van der Waals surface area contributed by atoms with Gasteiger partial charge in [0, 0.05) is 31.6 Å². The second-order valence-corrected chi connectivity index (χ2v) is 8.70. The van der Waals surface area contributed by atoms with E-state index in [4.69, 9.17) is 9.47 Å². The maximum absolute atomic E-state index is 12.2. The fraction of sp³-hybridized carbons (Fsp3) is 0.650. The van der Waals surface area contributed by atoms with Crippen molar-refractivity contribution in [2.45, 2.75) is 71.1 Å². The number of carbonyl (C=O) groups excluding carboxylic acids is 2. The molecule has 2 aliphatic rings. The minimum absolute atomic E-state index is 0.0372. The van der Waals surface area contributed by atoms with E-state index >= 15 is 0 Å². The Morgan fingerprint density at radius 2 is 2.10 bits per heavy atom. The zero-order valence-corrected chi connectivity index (χ0v) is 17.8. The third kappa shape index (κ3) is 5.11. The van der Waals surface area contributed by atoms with E-state index in [-0.39, 0.29) is 17.0 Å². The second-order valence-electron chi connectivity index (χ2n) is 8.70. The summed E-state index contributed by atoms with van der Waals surface area (Å²) in [6.07, 6.45) is 3.03. The highest BCUT2D eigenvalue weighted by molar-refractivity contribution is 5.76. The number of amides is 1. The van der Waals surface area contributed by atoms with Gasteiger partial charge in [-0.3, -0.25) is 15.0 Å². The first-order valence-corrected chi connectivity index (χ1v) is 10.1. The van der Waals surface area contributed by atoms with Crippen LogP contribution in [0.15, 0.2) is 6.20 Å². The van der Waals surface area contributed by atoms with Gasteiger partial charge in [-0.25, -0.2) is 4.79 Å². The van der Waals surface area contributed by atoms with Crippen LogP contribution in [0, 0.1) is 5.21 Å². The molecule has 10 nitrogen and oxygen atoms in total. The van der Waals surface area contributed by atoms with Crippen molar-refractivity contribution in [3.8, 4) is 0 Å². The van der Waals surface area contributed by atoms with Crippen LogP contribution in [0.4, 0.5) is 16.2 Å². The summed E-state index contributed by atoms with van der Waals surface area (Å²) in [5.41, 5.74) is 1.40. The van der Waals surface area contributed by atoms with Gasteiger partial charge in [0.2, 0.25) is 0 Å². The first-order chi connectivity index (χ1) is 14.0. The summed E-state index contributed by atoms with van der Waals surface area (Å²) in [6.45, 7) is 7.86. The van der Waals surface area contributed by atoms with Crippen LogP contribution < -0.4 is 15.4 Å². The van der Waals surface area contributed by atoms with Crippen LogP contribution >= 0.6 is 0 Å². The van der Waals surface area contributed by atoms with Crippen molar-refractivity contribution in [3.63, 3.8) is 0 Å². The van der Waals surface area contributed by atoms with Gasteiger partial charge < -0.3 is 30.1 Å². The topological polar surface area (TPSA) is 127 Å². The smallest absolute Gasteiger partial charge is 0.407 e. The Morgan fingerprint density at radius 1 is 1.37 bits per heavy atom. The van der Waals surface area contributed by atoms with E-state index in [0.717, 1.165) is 18.4 Å². The number of anilines is 2.